The molecule has 1 aromatic carbocycles. The predicted molar refractivity (Wildman–Crippen MR) is 105 cm³/mol. The van der Waals surface area contributed by atoms with Crippen LogP contribution in [0.4, 0.5) is 0 Å². The summed E-state index contributed by atoms with van der Waals surface area (Å²) in [5, 5.41) is 6.50. The molecule has 5 heteroatoms. The van der Waals surface area contributed by atoms with Gasteiger partial charge >= 0.3 is 0 Å². The topological polar surface area (TPSA) is 24.5 Å². The highest BCUT2D eigenvalue weighted by atomic mass is 32.1. The number of thiocarbonyl (C=S) groups is 1. The van der Waals surface area contributed by atoms with Crippen molar-refractivity contribution in [3.05, 3.63) is 52.2 Å². The quantitative estimate of drug-likeness (QED) is 0.747. The van der Waals surface area contributed by atoms with E-state index in [1.807, 2.05) is 23.5 Å². The van der Waals surface area contributed by atoms with Crippen LogP contribution in [0.3, 0.4) is 0 Å². The van der Waals surface area contributed by atoms with Gasteiger partial charge in [0.25, 0.3) is 0 Å². The van der Waals surface area contributed by atoms with E-state index in [2.05, 4.69) is 46.8 Å². The molecule has 0 spiro atoms. The first kappa shape index (κ1) is 17.2. The second-order valence-electron chi connectivity index (χ2n) is 6.33. The van der Waals surface area contributed by atoms with Gasteiger partial charge in [-0.1, -0.05) is 18.2 Å². The maximum atomic E-state index is 5.70. The van der Waals surface area contributed by atoms with Crippen molar-refractivity contribution in [3.8, 4) is 5.75 Å². The summed E-state index contributed by atoms with van der Waals surface area (Å²) in [6.07, 6.45) is 3.48. The third-order valence-electron chi connectivity index (χ3n) is 4.29. The summed E-state index contributed by atoms with van der Waals surface area (Å²) < 4.78 is 5.25. The molecule has 1 aliphatic rings. The zero-order chi connectivity index (χ0) is 16.9. The van der Waals surface area contributed by atoms with E-state index in [0.29, 0.717) is 12.1 Å². The van der Waals surface area contributed by atoms with Gasteiger partial charge in [-0.2, -0.15) is 0 Å². The van der Waals surface area contributed by atoms with Gasteiger partial charge in [-0.15, -0.1) is 11.3 Å². The number of rotatable bonds is 7. The smallest absolute Gasteiger partial charge is 0.169 e. The van der Waals surface area contributed by atoms with Crippen LogP contribution in [-0.4, -0.2) is 29.2 Å². The molecule has 0 bridgehead atoms. The van der Waals surface area contributed by atoms with Gasteiger partial charge in [0.15, 0.2) is 5.11 Å². The molecule has 0 unspecified atom stereocenters. The lowest BCUT2D eigenvalue weighted by molar-refractivity contribution is 0.316. The Hall–Kier alpha value is -1.59. The van der Waals surface area contributed by atoms with Crippen LogP contribution >= 0.6 is 23.6 Å². The molecular weight excluding hydrogens is 336 g/mol. The first-order valence-electron chi connectivity index (χ1n) is 8.38. The van der Waals surface area contributed by atoms with Gasteiger partial charge in [0.05, 0.1) is 7.11 Å². The maximum absolute atomic E-state index is 5.70. The van der Waals surface area contributed by atoms with Crippen LogP contribution in [0.1, 0.15) is 30.2 Å². The number of hydrogen-bond donors (Lipinski definition) is 1. The Morgan fingerprint density at radius 3 is 2.67 bits per heavy atom. The molecular formula is C19H24N2OS2. The summed E-state index contributed by atoms with van der Waals surface area (Å²) in [6.45, 7) is 3.07. The molecule has 1 aliphatic carbocycles. The fourth-order valence-electron chi connectivity index (χ4n) is 2.67. The summed E-state index contributed by atoms with van der Waals surface area (Å²) in [4.78, 5) is 3.71. The molecule has 1 atom stereocenters. The number of hydrogen-bond acceptors (Lipinski definition) is 3. The third-order valence-corrected chi connectivity index (χ3v) is 5.54. The van der Waals surface area contributed by atoms with Crippen molar-refractivity contribution < 1.29 is 4.74 Å². The zero-order valence-corrected chi connectivity index (χ0v) is 15.8. The second-order valence-corrected chi connectivity index (χ2v) is 7.75. The van der Waals surface area contributed by atoms with Crippen LogP contribution in [0, 0.1) is 0 Å². The van der Waals surface area contributed by atoms with Crippen molar-refractivity contribution in [1.82, 2.24) is 10.2 Å². The summed E-state index contributed by atoms with van der Waals surface area (Å²) in [7, 11) is 1.69. The summed E-state index contributed by atoms with van der Waals surface area (Å²) in [5.41, 5.74) is 1.24. The lowest BCUT2D eigenvalue weighted by Crippen LogP contribution is -2.45. The Morgan fingerprint density at radius 2 is 2.08 bits per heavy atom. The Bertz CT molecular complexity index is 651. The standard InChI is InChI=1S/C19H24N2OS2/c1-14(12-18-4-3-11-24-18)21(19(23)20-16-7-8-16)13-15-5-9-17(22-2)10-6-15/h3-6,9-11,14,16H,7-8,12-13H2,1-2H3,(H,20,23)/t14-/m0/s1. The number of benzene rings is 1. The minimum absolute atomic E-state index is 0.351. The molecule has 3 rings (SSSR count). The molecule has 1 N–H and O–H groups in total. The van der Waals surface area contributed by atoms with Crippen molar-refractivity contribution in [3.63, 3.8) is 0 Å². The molecule has 128 valence electrons. The maximum Gasteiger partial charge on any atom is 0.169 e. The number of methoxy groups -OCH3 is 1. The first-order chi connectivity index (χ1) is 11.7. The second kappa shape index (κ2) is 7.99. The minimum Gasteiger partial charge on any atom is -0.497 e. The summed E-state index contributed by atoms with van der Waals surface area (Å²) in [6, 6.07) is 13.5. The van der Waals surface area contributed by atoms with Crippen molar-refractivity contribution >= 4 is 28.7 Å². The van der Waals surface area contributed by atoms with E-state index >= 15 is 0 Å². The highest BCUT2D eigenvalue weighted by molar-refractivity contribution is 7.80. The average molecular weight is 361 g/mol. The van der Waals surface area contributed by atoms with Crippen LogP contribution < -0.4 is 10.1 Å². The Morgan fingerprint density at radius 1 is 1.33 bits per heavy atom. The van der Waals surface area contributed by atoms with Gasteiger partial charge in [0.1, 0.15) is 5.75 Å². The van der Waals surface area contributed by atoms with Crippen LogP contribution in [0.15, 0.2) is 41.8 Å². The van der Waals surface area contributed by atoms with Crippen molar-refractivity contribution in [2.45, 2.75) is 44.8 Å². The van der Waals surface area contributed by atoms with Gasteiger partial charge in [-0.25, -0.2) is 0 Å². The molecule has 2 aromatic rings. The fourth-order valence-corrected chi connectivity index (χ4v) is 3.91. The minimum atomic E-state index is 0.351. The van der Waals surface area contributed by atoms with Crippen molar-refractivity contribution in [2.75, 3.05) is 7.11 Å². The van der Waals surface area contributed by atoms with E-state index in [1.54, 1.807) is 7.11 Å². The van der Waals surface area contributed by atoms with E-state index in [1.165, 1.54) is 23.3 Å². The molecule has 0 aliphatic heterocycles. The predicted octanol–water partition coefficient (Wildman–Crippen LogP) is 4.23. The van der Waals surface area contributed by atoms with Gasteiger partial charge in [-0.05, 0) is 61.1 Å². The highest BCUT2D eigenvalue weighted by Gasteiger charge is 2.26. The molecule has 0 amide bonds. The number of nitrogens with zero attached hydrogens (tertiary/aromatic N) is 1. The Kier molecular flexibility index (Phi) is 5.74. The normalized spacial score (nSPS) is 14.9. The van der Waals surface area contributed by atoms with Crippen LogP contribution in [0.25, 0.3) is 0 Å². The van der Waals surface area contributed by atoms with E-state index in [9.17, 15) is 0 Å². The van der Waals surface area contributed by atoms with Crippen LogP contribution in [0.2, 0.25) is 0 Å². The molecule has 1 saturated carbocycles. The van der Waals surface area contributed by atoms with E-state index in [4.69, 9.17) is 17.0 Å². The average Bonchev–Trinajstić information content (AvgIpc) is 3.25. The summed E-state index contributed by atoms with van der Waals surface area (Å²) in [5.74, 6) is 0.885. The van der Waals surface area contributed by atoms with Gasteiger partial charge in [-0.3, -0.25) is 0 Å². The van der Waals surface area contributed by atoms with Gasteiger partial charge in [0.2, 0.25) is 0 Å². The molecule has 24 heavy (non-hydrogen) atoms. The van der Waals surface area contributed by atoms with E-state index in [0.717, 1.165) is 23.8 Å². The number of ether oxygens (including phenoxy) is 1. The van der Waals surface area contributed by atoms with Gasteiger partial charge in [0, 0.05) is 29.9 Å². The van der Waals surface area contributed by atoms with Crippen molar-refractivity contribution in [1.29, 1.82) is 0 Å². The number of thiophene rings is 1. The third kappa shape index (κ3) is 4.71. The molecule has 3 nitrogen and oxygen atoms in total. The molecule has 0 radical (unpaired) electrons. The molecule has 1 heterocycles. The highest BCUT2D eigenvalue weighted by Crippen LogP contribution is 2.22. The summed E-state index contributed by atoms with van der Waals surface area (Å²) >= 11 is 7.52. The van der Waals surface area contributed by atoms with Crippen LogP contribution in [0.5, 0.6) is 5.75 Å². The SMILES string of the molecule is COc1ccc(CN(C(=S)NC2CC2)[C@@H](C)Cc2cccs2)cc1. The Labute approximate surface area is 153 Å². The lowest BCUT2D eigenvalue weighted by Gasteiger charge is -2.32. The molecule has 1 fully saturated rings. The number of nitrogens with one attached hydrogen (secondary N) is 1. The molecule has 0 saturated heterocycles. The van der Waals surface area contributed by atoms with E-state index in [-0.39, 0.29) is 0 Å². The zero-order valence-electron chi connectivity index (χ0n) is 14.2. The lowest BCUT2D eigenvalue weighted by atomic mass is 10.1. The Balaban J connectivity index is 1.70. The largest absolute Gasteiger partial charge is 0.497 e. The molecule has 1 aromatic heterocycles. The van der Waals surface area contributed by atoms with E-state index < -0.39 is 0 Å². The first-order valence-corrected chi connectivity index (χ1v) is 9.67. The fraction of sp³-hybridized carbons (Fsp3) is 0.421. The monoisotopic (exact) mass is 360 g/mol. The van der Waals surface area contributed by atoms with Gasteiger partial charge < -0.3 is 15.0 Å². The van der Waals surface area contributed by atoms with Crippen LogP contribution in [-0.2, 0) is 13.0 Å². The van der Waals surface area contributed by atoms with Crippen molar-refractivity contribution in [2.24, 2.45) is 0 Å².